The lowest BCUT2D eigenvalue weighted by atomic mass is 10.3. The largest absolute Gasteiger partial charge is 0.344 e. The van der Waals surface area contributed by atoms with Gasteiger partial charge < -0.3 is 9.88 Å². The quantitative estimate of drug-likeness (QED) is 0.849. The van der Waals surface area contributed by atoms with E-state index in [4.69, 9.17) is 0 Å². The van der Waals surface area contributed by atoms with Crippen molar-refractivity contribution in [1.29, 1.82) is 0 Å². The van der Waals surface area contributed by atoms with Gasteiger partial charge >= 0.3 is 0 Å². The fourth-order valence-electron chi connectivity index (χ4n) is 2.01. The zero-order chi connectivity index (χ0) is 13.0. The van der Waals surface area contributed by atoms with Gasteiger partial charge in [-0.2, -0.15) is 5.10 Å². The van der Waals surface area contributed by atoms with Crippen LogP contribution < -0.4 is 5.32 Å². The second-order valence-electron chi connectivity index (χ2n) is 4.70. The Morgan fingerprint density at radius 3 is 2.89 bits per heavy atom. The van der Waals surface area contributed by atoms with Crippen molar-refractivity contribution in [3.8, 4) is 0 Å². The Labute approximate surface area is 109 Å². The molecule has 2 heterocycles. The molecule has 0 amide bonds. The summed E-state index contributed by atoms with van der Waals surface area (Å²) < 4.78 is 4.29. The summed E-state index contributed by atoms with van der Waals surface area (Å²) in [5.74, 6) is 0. The highest BCUT2D eigenvalue weighted by molar-refractivity contribution is 5.10. The summed E-state index contributed by atoms with van der Waals surface area (Å²) in [6.07, 6.45) is 5.29. The number of aromatic nitrogens is 3. The topological polar surface area (TPSA) is 34.8 Å². The maximum Gasteiger partial charge on any atom is 0.0821 e. The third-order valence-corrected chi connectivity index (χ3v) is 3.32. The second-order valence-corrected chi connectivity index (χ2v) is 4.70. The molecule has 2 aromatic rings. The van der Waals surface area contributed by atoms with E-state index in [-0.39, 0.29) is 0 Å². The summed E-state index contributed by atoms with van der Waals surface area (Å²) >= 11 is 0. The minimum Gasteiger partial charge on any atom is -0.344 e. The van der Waals surface area contributed by atoms with Crippen molar-refractivity contribution in [2.24, 2.45) is 0 Å². The molecule has 0 saturated heterocycles. The van der Waals surface area contributed by atoms with Gasteiger partial charge in [-0.1, -0.05) is 6.92 Å². The normalized spacial score (nSPS) is 12.8. The van der Waals surface area contributed by atoms with Gasteiger partial charge in [-0.25, -0.2) is 0 Å². The number of hydrogen-bond acceptors (Lipinski definition) is 2. The molecule has 18 heavy (non-hydrogen) atoms. The predicted molar refractivity (Wildman–Crippen MR) is 73.5 cm³/mol. The number of hydrogen-bond donors (Lipinski definition) is 1. The van der Waals surface area contributed by atoms with Gasteiger partial charge in [0.25, 0.3) is 0 Å². The van der Waals surface area contributed by atoms with Crippen LogP contribution in [0.2, 0.25) is 0 Å². The summed E-state index contributed by atoms with van der Waals surface area (Å²) in [7, 11) is 1.97. The van der Waals surface area contributed by atoms with Gasteiger partial charge in [0.15, 0.2) is 0 Å². The summed E-state index contributed by atoms with van der Waals surface area (Å²) in [6, 6.07) is 6.80. The zero-order valence-electron chi connectivity index (χ0n) is 11.4. The van der Waals surface area contributed by atoms with Crippen LogP contribution in [0.25, 0.3) is 0 Å². The van der Waals surface area contributed by atoms with Crippen molar-refractivity contribution in [2.75, 3.05) is 7.05 Å². The van der Waals surface area contributed by atoms with Crippen LogP contribution in [-0.2, 0) is 13.1 Å². The van der Waals surface area contributed by atoms with E-state index in [0.717, 1.165) is 25.2 Å². The van der Waals surface area contributed by atoms with Crippen LogP contribution in [0.3, 0.4) is 0 Å². The van der Waals surface area contributed by atoms with E-state index >= 15 is 0 Å². The smallest absolute Gasteiger partial charge is 0.0821 e. The lowest BCUT2D eigenvalue weighted by Crippen LogP contribution is -2.12. The van der Waals surface area contributed by atoms with E-state index in [0.29, 0.717) is 6.04 Å². The maximum absolute atomic E-state index is 4.63. The van der Waals surface area contributed by atoms with E-state index in [1.807, 2.05) is 7.05 Å². The average molecular weight is 246 g/mol. The summed E-state index contributed by atoms with van der Waals surface area (Å²) in [5.41, 5.74) is 2.40. The van der Waals surface area contributed by atoms with Crippen LogP contribution in [0.5, 0.6) is 0 Å². The first-order chi connectivity index (χ1) is 8.74. The Morgan fingerprint density at radius 2 is 2.17 bits per heavy atom. The average Bonchev–Trinajstić information content (AvgIpc) is 3.00. The molecule has 0 fully saturated rings. The molecular formula is C14H22N4. The highest BCUT2D eigenvalue weighted by Crippen LogP contribution is 2.11. The lowest BCUT2D eigenvalue weighted by molar-refractivity contribution is 0.472. The van der Waals surface area contributed by atoms with Gasteiger partial charge in [0, 0.05) is 30.7 Å². The van der Waals surface area contributed by atoms with Crippen molar-refractivity contribution < 1.29 is 0 Å². The number of nitrogens with zero attached hydrogens (tertiary/aromatic N) is 3. The standard InChI is InChI=1S/C14H22N4/c1-4-12(2)18-9-7-13(16-18)11-17-8-5-6-14(17)10-15-3/h5-9,12,15H,4,10-11H2,1-3H3. The van der Waals surface area contributed by atoms with Crippen molar-refractivity contribution in [3.05, 3.63) is 42.0 Å². The van der Waals surface area contributed by atoms with E-state index in [2.05, 4.69) is 64.1 Å². The molecule has 0 aliphatic heterocycles. The molecule has 2 rings (SSSR count). The van der Waals surface area contributed by atoms with Crippen LogP contribution in [0.4, 0.5) is 0 Å². The van der Waals surface area contributed by atoms with Crippen LogP contribution >= 0.6 is 0 Å². The summed E-state index contributed by atoms with van der Waals surface area (Å²) in [6.45, 7) is 6.11. The Balaban J connectivity index is 2.09. The second kappa shape index (κ2) is 5.87. The molecule has 98 valence electrons. The van der Waals surface area contributed by atoms with E-state index in [9.17, 15) is 0 Å². The lowest BCUT2D eigenvalue weighted by Gasteiger charge is -2.09. The van der Waals surface area contributed by atoms with Crippen LogP contribution in [0.15, 0.2) is 30.6 Å². The molecule has 0 aromatic carbocycles. The summed E-state index contributed by atoms with van der Waals surface area (Å²) in [4.78, 5) is 0. The highest BCUT2D eigenvalue weighted by Gasteiger charge is 2.06. The predicted octanol–water partition coefficient (Wildman–Crippen LogP) is 2.42. The van der Waals surface area contributed by atoms with Gasteiger partial charge in [0.05, 0.1) is 12.2 Å². The third kappa shape index (κ3) is 2.82. The highest BCUT2D eigenvalue weighted by atomic mass is 15.3. The number of rotatable bonds is 6. The molecular weight excluding hydrogens is 224 g/mol. The first kappa shape index (κ1) is 12.9. The fourth-order valence-corrected chi connectivity index (χ4v) is 2.01. The summed E-state index contributed by atoms with van der Waals surface area (Å²) in [5, 5.41) is 7.81. The maximum atomic E-state index is 4.63. The van der Waals surface area contributed by atoms with Gasteiger partial charge in [0.1, 0.15) is 0 Å². The van der Waals surface area contributed by atoms with E-state index < -0.39 is 0 Å². The molecule has 2 aromatic heterocycles. The van der Waals surface area contributed by atoms with Crippen molar-refractivity contribution in [1.82, 2.24) is 19.7 Å². The number of nitrogens with one attached hydrogen (secondary N) is 1. The molecule has 0 radical (unpaired) electrons. The van der Waals surface area contributed by atoms with Crippen LogP contribution in [0.1, 0.15) is 37.7 Å². The zero-order valence-corrected chi connectivity index (χ0v) is 11.4. The Kier molecular flexibility index (Phi) is 4.20. The molecule has 4 heteroatoms. The first-order valence-corrected chi connectivity index (χ1v) is 6.57. The van der Waals surface area contributed by atoms with Crippen LogP contribution in [0, 0.1) is 0 Å². The molecule has 0 saturated carbocycles. The minimum atomic E-state index is 0.472. The molecule has 4 nitrogen and oxygen atoms in total. The van der Waals surface area contributed by atoms with Gasteiger partial charge in [-0.05, 0) is 38.6 Å². The SMILES string of the molecule is CCC(C)n1ccc(Cn2cccc2CNC)n1. The molecule has 1 atom stereocenters. The Morgan fingerprint density at radius 1 is 1.33 bits per heavy atom. The monoisotopic (exact) mass is 246 g/mol. The van der Waals surface area contributed by atoms with Gasteiger partial charge in [0.2, 0.25) is 0 Å². The molecule has 1 N–H and O–H groups in total. The third-order valence-electron chi connectivity index (χ3n) is 3.32. The van der Waals surface area contributed by atoms with E-state index in [1.54, 1.807) is 0 Å². The first-order valence-electron chi connectivity index (χ1n) is 6.57. The van der Waals surface area contributed by atoms with Crippen molar-refractivity contribution in [3.63, 3.8) is 0 Å². The molecule has 0 bridgehead atoms. The van der Waals surface area contributed by atoms with Gasteiger partial charge in [-0.15, -0.1) is 0 Å². The fraction of sp³-hybridized carbons (Fsp3) is 0.500. The minimum absolute atomic E-state index is 0.472. The van der Waals surface area contributed by atoms with E-state index in [1.165, 1.54) is 5.69 Å². The van der Waals surface area contributed by atoms with Crippen molar-refractivity contribution >= 4 is 0 Å². The Bertz CT molecular complexity index is 483. The van der Waals surface area contributed by atoms with Gasteiger partial charge in [-0.3, -0.25) is 4.68 Å². The van der Waals surface area contributed by atoms with Crippen molar-refractivity contribution in [2.45, 2.75) is 39.4 Å². The van der Waals surface area contributed by atoms with Crippen LogP contribution in [-0.4, -0.2) is 21.4 Å². The Hall–Kier alpha value is -1.55. The molecule has 0 spiro atoms. The molecule has 0 aliphatic carbocycles. The molecule has 1 unspecified atom stereocenters. The molecule has 0 aliphatic rings.